The van der Waals surface area contributed by atoms with Gasteiger partial charge in [0.05, 0.1) is 13.2 Å². The number of likely N-dealkylation sites (N-methyl/N-ethyl adjacent to an activating group) is 2. The third-order valence-corrected chi connectivity index (χ3v) is 10.8. The van der Waals surface area contributed by atoms with Gasteiger partial charge in [-0.25, -0.2) is 9.59 Å². The molecule has 1 unspecified atom stereocenters. The molecule has 0 fully saturated rings. The van der Waals surface area contributed by atoms with Crippen LogP contribution in [-0.4, -0.2) is 81.4 Å². The number of hydrogen-bond donors (Lipinski definition) is 0. The molecule has 0 bridgehead atoms. The molecule has 326 valence electrons. The normalized spacial score (nSPS) is 11.9. The van der Waals surface area contributed by atoms with E-state index in [2.05, 4.69) is 13.8 Å². The minimum atomic E-state index is -1.13. The van der Waals surface area contributed by atoms with Crippen molar-refractivity contribution < 1.29 is 28.6 Å². The van der Waals surface area contributed by atoms with E-state index in [1.807, 2.05) is 19.0 Å². The van der Waals surface area contributed by atoms with Gasteiger partial charge in [-0.1, -0.05) is 206 Å². The zero-order chi connectivity index (χ0) is 40.5. The van der Waals surface area contributed by atoms with E-state index in [9.17, 15) is 14.4 Å². The smallest absolute Gasteiger partial charge is 0.410 e. The van der Waals surface area contributed by atoms with Gasteiger partial charge >= 0.3 is 18.0 Å². The standard InChI is InChI=1S/C47H92N2O6/c1-6-8-10-12-14-16-18-20-22-24-26-28-30-32-34-36-42-53-45(50)39-38-44(55-47(52)49(5)41-40-48(3)4)46(51)54-43-37-35-33-31-29-27-25-23-21-19-17-15-13-11-9-7-2/h44H,6-43H2,1-5H3. The van der Waals surface area contributed by atoms with E-state index < -0.39 is 18.2 Å². The number of esters is 2. The van der Waals surface area contributed by atoms with Gasteiger partial charge in [0.1, 0.15) is 0 Å². The second kappa shape index (κ2) is 41.8. The minimum absolute atomic E-state index is 0.00631. The molecule has 0 radical (unpaired) electrons. The number of carbonyl (C=O) groups excluding carboxylic acids is 3. The van der Waals surface area contributed by atoms with Crippen LogP contribution in [0.2, 0.25) is 0 Å². The van der Waals surface area contributed by atoms with Gasteiger partial charge in [-0.05, 0) is 26.9 Å². The topological polar surface area (TPSA) is 85.4 Å². The number of nitrogens with zero attached hydrogens (tertiary/aromatic N) is 2. The van der Waals surface area contributed by atoms with Crippen molar-refractivity contribution >= 4 is 18.0 Å². The largest absolute Gasteiger partial charge is 0.466 e. The zero-order valence-electron chi connectivity index (χ0n) is 37.3. The maximum atomic E-state index is 13.0. The van der Waals surface area contributed by atoms with E-state index in [4.69, 9.17) is 14.2 Å². The fraction of sp³-hybridized carbons (Fsp3) is 0.936. The van der Waals surface area contributed by atoms with Crippen molar-refractivity contribution in [3.8, 4) is 0 Å². The molecule has 55 heavy (non-hydrogen) atoms. The minimum Gasteiger partial charge on any atom is -0.466 e. The number of unbranched alkanes of at least 4 members (excludes halogenated alkanes) is 30. The second-order valence-electron chi connectivity index (χ2n) is 16.6. The molecule has 0 aromatic heterocycles. The zero-order valence-corrected chi connectivity index (χ0v) is 37.3. The molecule has 0 aromatic carbocycles. The number of amides is 1. The Kier molecular flexibility index (Phi) is 40.4. The maximum Gasteiger partial charge on any atom is 0.410 e. The quantitative estimate of drug-likeness (QED) is 0.0346. The van der Waals surface area contributed by atoms with E-state index >= 15 is 0 Å². The first-order valence-electron chi connectivity index (χ1n) is 23.7. The molecule has 0 saturated heterocycles. The lowest BCUT2D eigenvalue weighted by Gasteiger charge is -2.22. The average molecular weight is 781 g/mol. The summed E-state index contributed by atoms with van der Waals surface area (Å²) in [6.45, 7) is 6.37. The van der Waals surface area contributed by atoms with Crippen LogP contribution in [-0.2, 0) is 23.8 Å². The van der Waals surface area contributed by atoms with Gasteiger partial charge in [-0.3, -0.25) is 4.79 Å². The molecule has 0 aliphatic rings. The Morgan fingerprint density at radius 1 is 0.436 bits per heavy atom. The summed E-state index contributed by atoms with van der Waals surface area (Å²) in [5.74, 6) is -0.950. The number of rotatable bonds is 42. The summed E-state index contributed by atoms with van der Waals surface area (Å²) in [5, 5.41) is 0. The molecule has 0 rings (SSSR count). The molecular weight excluding hydrogens is 689 g/mol. The molecule has 0 aromatic rings. The lowest BCUT2D eigenvalue weighted by molar-refractivity contribution is -0.155. The van der Waals surface area contributed by atoms with Gasteiger partial charge in [-0.15, -0.1) is 0 Å². The molecule has 0 N–H and O–H groups in total. The molecule has 1 atom stereocenters. The first-order valence-corrected chi connectivity index (χ1v) is 23.7. The van der Waals surface area contributed by atoms with E-state index in [0.717, 1.165) is 32.1 Å². The summed E-state index contributed by atoms with van der Waals surface area (Å²) < 4.78 is 16.6. The van der Waals surface area contributed by atoms with E-state index in [1.165, 1.54) is 178 Å². The summed E-state index contributed by atoms with van der Waals surface area (Å²) in [5.41, 5.74) is 0. The van der Waals surface area contributed by atoms with Crippen molar-refractivity contribution in [2.24, 2.45) is 0 Å². The van der Waals surface area contributed by atoms with Crippen LogP contribution in [0.1, 0.15) is 232 Å². The van der Waals surface area contributed by atoms with Crippen molar-refractivity contribution in [3.05, 3.63) is 0 Å². The van der Waals surface area contributed by atoms with Gasteiger partial charge in [0.25, 0.3) is 0 Å². The molecule has 0 spiro atoms. The summed E-state index contributed by atoms with van der Waals surface area (Å²) in [7, 11) is 5.52. The van der Waals surface area contributed by atoms with E-state index in [0.29, 0.717) is 26.3 Å². The van der Waals surface area contributed by atoms with Crippen LogP contribution in [0.4, 0.5) is 4.79 Å². The highest BCUT2D eigenvalue weighted by Crippen LogP contribution is 2.16. The molecule has 0 heterocycles. The highest BCUT2D eigenvalue weighted by Gasteiger charge is 2.27. The third-order valence-electron chi connectivity index (χ3n) is 10.8. The monoisotopic (exact) mass is 781 g/mol. The van der Waals surface area contributed by atoms with Crippen molar-refractivity contribution in [1.29, 1.82) is 0 Å². The fourth-order valence-electron chi connectivity index (χ4n) is 6.95. The van der Waals surface area contributed by atoms with Crippen LogP contribution in [0.5, 0.6) is 0 Å². The van der Waals surface area contributed by atoms with Crippen LogP contribution in [0, 0.1) is 0 Å². The van der Waals surface area contributed by atoms with Crippen LogP contribution < -0.4 is 0 Å². The van der Waals surface area contributed by atoms with E-state index in [-0.39, 0.29) is 18.8 Å². The van der Waals surface area contributed by atoms with Crippen molar-refractivity contribution in [3.63, 3.8) is 0 Å². The Morgan fingerprint density at radius 3 is 1.11 bits per heavy atom. The van der Waals surface area contributed by atoms with Gasteiger partial charge in [0, 0.05) is 33.0 Å². The lowest BCUT2D eigenvalue weighted by atomic mass is 10.0. The van der Waals surface area contributed by atoms with Crippen LogP contribution in [0.25, 0.3) is 0 Å². The van der Waals surface area contributed by atoms with Crippen molar-refractivity contribution in [2.45, 2.75) is 238 Å². The molecule has 1 amide bonds. The number of carbonyl (C=O) groups is 3. The van der Waals surface area contributed by atoms with Crippen LogP contribution in [0.15, 0.2) is 0 Å². The summed E-state index contributed by atoms with van der Waals surface area (Å²) in [6.07, 6.45) is 39.6. The Morgan fingerprint density at radius 2 is 0.764 bits per heavy atom. The molecular formula is C47H92N2O6. The average Bonchev–Trinajstić information content (AvgIpc) is 3.17. The number of hydrogen-bond acceptors (Lipinski definition) is 7. The highest BCUT2D eigenvalue weighted by atomic mass is 16.6. The van der Waals surface area contributed by atoms with Gasteiger partial charge < -0.3 is 24.0 Å². The Bertz CT molecular complexity index is 853. The predicted molar refractivity (Wildman–Crippen MR) is 232 cm³/mol. The Balaban J connectivity index is 4.15. The van der Waals surface area contributed by atoms with Gasteiger partial charge in [-0.2, -0.15) is 0 Å². The van der Waals surface area contributed by atoms with Crippen LogP contribution in [0.3, 0.4) is 0 Å². The SMILES string of the molecule is CCCCCCCCCCCCCCCCCCOC(=O)CCC(OC(=O)N(C)CCN(C)C)C(=O)OCCCCCCCCCCCCCCCCCC. The highest BCUT2D eigenvalue weighted by molar-refractivity contribution is 5.79. The Labute approximate surface area is 341 Å². The fourth-order valence-corrected chi connectivity index (χ4v) is 6.95. The van der Waals surface area contributed by atoms with Gasteiger partial charge in [0.15, 0.2) is 0 Å². The second-order valence-corrected chi connectivity index (χ2v) is 16.6. The first-order chi connectivity index (χ1) is 26.8. The molecule has 8 heteroatoms. The predicted octanol–water partition coefficient (Wildman–Crippen LogP) is 13.4. The molecule has 0 saturated carbocycles. The number of ether oxygens (including phenoxy) is 3. The summed E-state index contributed by atoms with van der Waals surface area (Å²) in [6, 6.07) is 0. The summed E-state index contributed by atoms with van der Waals surface area (Å²) >= 11 is 0. The summed E-state index contributed by atoms with van der Waals surface area (Å²) in [4.78, 5) is 41.7. The maximum absolute atomic E-state index is 13.0. The van der Waals surface area contributed by atoms with Gasteiger partial charge in [0.2, 0.25) is 6.10 Å². The molecule has 8 nitrogen and oxygen atoms in total. The first kappa shape index (κ1) is 53.2. The molecule has 0 aliphatic heterocycles. The van der Waals surface area contributed by atoms with Crippen LogP contribution >= 0.6 is 0 Å². The lowest BCUT2D eigenvalue weighted by Crippen LogP contribution is -2.38. The van der Waals surface area contributed by atoms with Crippen molar-refractivity contribution in [2.75, 3.05) is 47.4 Å². The third kappa shape index (κ3) is 38.8. The molecule has 0 aliphatic carbocycles. The Hall–Kier alpha value is -1.83. The van der Waals surface area contributed by atoms with Crippen molar-refractivity contribution in [1.82, 2.24) is 9.80 Å². The van der Waals surface area contributed by atoms with E-state index in [1.54, 1.807) is 7.05 Å².